The first-order valence-corrected chi connectivity index (χ1v) is 10.9. The van der Waals surface area contributed by atoms with Crippen molar-refractivity contribution in [2.45, 2.75) is 51.4 Å². The largest absolute Gasteiger partial charge is 0.300 e. The molecule has 0 saturated heterocycles. The Morgan fingerprint density at radius 1 is 1.13 bits per heavy atom. The highest BCUT2D eigenvalue weighted by molar-refractivity contribution is 5.82. The molecule has 0 amide bonds. The van der Waals surface area contributed by atoms with Crippen LogP contribution in [0, 0.1) is 17.7 Å². The summed E-state index contributed by atoms with van der Waals surface area (Å²) >= 11 is 0. The van der Waals surface area contributed by atoms with Crippen molar-refractivity contribution in [3.05, 3.63) is 83.2 Å². The third-order valence-electron chi connectivity index (χ3n) is 7.37. The highest BCUT2D eigenvalue weighted by atomic mass is 19.1. The highest BCUT2D eigenvalue weighted by Gasteiger charge is 2.50. The SMILES string of the molecule is C[C@H]1C(=O)CC[C@@]2(C)c3nc(Cc4ccccc4)n(-c4cccc(F)c4)c3CC[C@H]12. The van der Waals surface area contributed by atoms with Gasteiger partial charge in [0.25, 0.3) is 0 Å². The Labute approximate surface area is 177 Å². The number of nitrogens with zero attached hydrogens (tertiary/aromatic N) is 2. The molecule has 0 unspecified atom stereocenters. The Kier molecular flexibility index (Phi) is 4.61. The number of rotatable bonds is 3. The summed E-state index contributed by atoms with van der Waals surface area (Å²) in [6, 6.07) is 17.1. The molecule has 2 aliphatic rings. The molecule has 30 heavy (non-hydrogen) atoms. The standard InChI is InChI=1S/C26H27FN2O/c1-17-21-11-12-22-25(26(21,2)14-13-23(17)30)28-24(15-18-7-4-3-5-8-18)29(22)20-10-6-9-19(27)16-20/h3-10,16-17,21H,11-15H2,1-2H3/t17-,21-,26-/m1/s1. The Morgan fingerprint density at radius 2 is 1.93 bits per heavy atom. The van der Waals surface area contributed by atoms with E-state index in [0.717, 1.165) is 36.5 Å². The first-order chi connectivity index (χ1) is 14.5. The average Bonchev–Trinajstić information content (AvgIpc) is 3.11. The van der Waals surface area contributed by atoms with E-state index in [0.29, 0.717) is 24.5 Å². The summed E-state index contributed by atoms with van der Waals surface area (Å²) in [4.78, 5) is 17.6. The molecule has 2 aliphatic carbocycles. The fraction of sp³-hybridized carbons (Fsp3) is 0.385. The van der Waals surface area contributed by atoms with Crippen molar-refractivity contribution < 1.29 is 9.18 Å². The number of carbonyl (C=O) groups excluding carboxylic acids is 1. The third-order valence-corrected chi connectivity index (χ3v) is 7.37. The average molecular weight is 403 g/mol. The van der Waals surface area contributed by atoms with Gasteiger partial charge in [0.15, 0.2) is 0 Å². The van der Waals surface area contributed by atoms with E-state index in [-0.39, 0.29) is 17.2 Å². The van der Waals surface area contributed by atoms with Crippen LogP contribution in [0.2, 0.25) is 0 Å². The van der Waals surface area contributed by atoms with E-state index in [2.05, 4.69) is 30.5 Å². The van der Waals surface area contributed by atoms with Crippen LogP contribution in [0.4, 0.5) is 4.39 Å². The van der Waals surface area contributed by atoms with Crippen molar-refractivity contribution in [1.29, 1.82) is 0 Å². The molecule has 3 aromatic rings. The van der Waals surface area contributed by atoms with Crippen molar-refractivity contribution in [2.24, 2.45) is 11.8 Å². The normalized spacial score (nSPS) is 25.6. The molecule has 0 bridgehead atoms. The number of Topliss-reactive ketones (excluding diaryl/α,β-unsaturated/α-hetero) is 1. The zero-order valence-electron chi connectivity index (χ0n) is 17.6. The third kappa shape index (κ3) is 3.01. The zero-order chi connectivity index (χ0) is 20.9. The summed E-state index contributed by atoms with van der Waals surface area (Å²) in [7, 11) is 0. The van der Waals surface area contributed by atoms with Crippen LogP contribution in [-0.4, -0.2) is 15.3 Å². The number of benzene rings is 2. The molecule has 2 aromatic carbocycles. The van der Waals surface area contributed by atoms with E-state index < -0.39 is 0 Å². The molecule has 1 saturated carbocycles. The molecule has 3 atom stereocenters. The highest BCUT2D eigenvalue weighted by Crippen LogP contribution is 2.51. The van der Waals surface area contributed by atoms with Gasteiger partial charge in [-0.05, 0) is 48.9 Å². The number of fused-ring (bicyclic) bond motifs is 3. The second-order valence-electron chi connectivity index (χ2n) is 9.12. The van der Waals surface area contributed by atoms with Gasteiger partial charge in [-0.1, -0.05) is 50.2 Å². The van der Waals surface area contributed by atoms with Crippen LogP contribution in [0.3, 0.4) is 0 Å². The van der Waals surface area contributed by atoms with Crippen molar-refractivity contribution >= 4 is 5.78 Å². The van der Waals surface area contributed by atoms with E-state index in [4.69, 9.17) is 4.98 Å². The van der Waals surface area contributed by atoms with E-state index in [1.807, 2.05) is 24.3 Å². The number of hydrogen-bond acceptors (Lipinski definition) is 2. The van der Waals surface area contributed by atoms with Crippen molar-refractivity contribution in [1.82, 2.24) is 9.55 Å². The van der Waals surface area contributed by atoms with Crippen molar-refractivity contribution in [2.75, 3.05) is 0 Å². The van der Waals surface area contributed by atoms with Gasteiger partial charge in [-0.25, -0.2) is 9.37 Å². The number of hydrogen-bond donors (Lipinski definition) is 0. The second kappa shape index (κ2) is 7.19. The summed E-state index contributed by atoms with van der Waals surface area (Å²) in [5.74, 6) is 1.50. The molecule has 0 aliphatic heterocycles. The maximum Gasteiger partial charge on any atom is 0.136 e. The second-order valence-corrected chi connectivity index (χ2v) is 9.12. The first-order valence-electron chi connectivity index (χ1n) is 10.9. The molecule has 154 valence electrons. The van der Waals surface area contributed by atoms with Gasteiger partial charge in [-0.3, -0.25) is 4.79 Å². The lowest BCUT2D eigenvalue weighted by Crippen LogP contribution is -2.47. The molecule has 1 heterocycles. The molecule has 0 spiro atoms. The van der Waals surface area contributed by atoms with E-state index in [9.17, 15) is 9.18 Å². The van der Waals surface area contributed by atoms with Gasteiger partial charge in [-0.2, -0.15) is 0 Å². The van der Waals surface area contributed by atoms with Crippen LogP contribution >= 0.6 is 0 Å². The van der Waals surface area contributed by atoms with Crippen LogP contribution in [0.5, 0.6) is 0 Å². The summed E-state index contributed by atoms with van der Waals surface area (Å²) in [5.41, 5.74) is 4.22. The Hall–Kier alpha value is -2.75. The molecule has 0 N–H and O–H groups in total. The molecule has 5 rings (SSSR count). The minimum absolute atomic E-state index is 0.0776. The quantitative estimate of drug-likeness (QED) is 0.586. The lowest BCUT2D eigenvalue weighted by atomic mass is 9.57. The van der Waals surface area contributed by atoms with Crippen LogP contribution in [0.25, 0.3) is 5.69 Å². The smallest absolute Gasteiger partial charge is 0.136 e. The van der Waals surface area contributed by atoms with Gasteiger partial charge in [-0.15, -0.1) is 0 Å². The maximum atomic E-state index is 14.1. The number of ketones is 1. The van der Waals surface area contributed by atoms with Gasteiger partial charge in [0.2, 0.25) is 0 Å². The molecule has 4 heteroatoms. The number of halogens is 1. The minimum atomic E-state index is -0.239. The Morgan fingerprint density at radius 3 is 2.70 bits per heavy atom. The fourth-order valence-corrected chi connectivity index (χ4v) is 5.74. The lowest BCUT2D eigenvalue weighted by molar-refractivity contribution is -0.128. The van der Waals surface area contributed by atoms with Crippen molar-refractivity contribution in [3.8, 4) is 5.69 Å². The van der Waals surface area contributed by atoms with Gasteiger partial charge < -0.3 is 4.57 Å². The van der Waals surface area contributed by atoms with Gasteiger partial charge in [0.1, 0.15) is 17.4 Å². The predicted molar refractivity (Wildman–Crippen MR) is 115 cm³/mol. The number of aromatic nitrogens is 2. The first kappa shape index (κ1) is 19.2. The summed E-state index contributed by atoms with van der Waals surface area (Å²) < 4.78 is 16.3. The molecule has 1 aromatic heterocycles. The molecular formula is C26H27FN2O. The van der Waals surface area contributed by atoms with Crippen LogP contribution in [0.1, 0.15) is 55.9 Å². The van der Waals surface area contributed by atoms with Gasteiger partial charge in [0.05, 0.1) is 5.69 Å². The summed E-state index contributed by atoms with van der Waals surface area (Å²) in [6.45, 7) is 4.37. The molecule has 1 fully saturated rings. The summed E-state index contributed by atoms with van der Waals surface area (Å²) in [6.07, 6.45) is 4.00. The Balaban J connectivity index is 1.68. The minimum Gasteiger partial charge on any atom is -0.300 e. The van der Waals surface area contributed by atoms with E-state index in [1.54, 1.807) is 12.1 Å². The monoisotopic (exact) mass is 402 g/mol. The van der Waals surface area contributed by atoms with Crippen LogP contribution in [0.15, 0.2) is 54.6 Å². The summed E-state index contributed by atoms with van der Waals surface area (Å²) in [5, 5.41) is 0. The fourth-order valence-electron chi connectivity index (χ4n) is 5.74. The lowest BCUT2D eigenvalue weighted by Gasteiger charge is -2.46. The number of carbonyl (C=O) groups is 1. The van der Waals surface area contributed by atoms with E-state index >= 15 is 0 Å². The molecule has 3 nitrogen and oxygen atoms in total. The topological polar surface area (TPSA) is 34.9 Å². The zero-order valence-corrected chi connectivity index (χ0v) is 17.6. The van der Waals surface area contributed by atoms with Crippen LogP contribution in [-0.2, 0) is 23.1 Å². The molecular weight excluding hydrogens is 375 g/mol. The van der Waals surface area contributed by atoms with E-state index in [1.165, 1.54) is 17.3 Å². The van der Waals surface area contributed by atoms with Crippen molar-refractivity contribution in [3.63, 3.8) is 0 Å². The van der Waals surface area contributed by atoms with Gasteiger partial charge in [0, 0.05) is 35.6 Å². The van der Waals surface area contributed by atoms with Gasteiger partial charge >= 0.3 is 0 Å². The maximum absolute atomic E-state index is 14.1. The van der Waals surface area contributed by atoms with Crippen LogP contribution < -0.4 is 0 Å². The Bertz CT molecular complexity index is 1100. The molecule has 0 radical (unpaired) electrons. The predicted octanol–water partition coefficient (Wildman–Crippen LogP) is 5.42. The number of imidazole rings is 1.